The van der Waals surface area contributed by atoms with E-state index in [0.29, 0.717) is 18.5 Å². The summed E-state index contributed by atoms with van der Waals surface area (Å²) in [5.74, 6) is -0.877. The molecule has 0 N–H and O–H groups in total. The van der Waals surface area contributed by atoms with Crippen molar-refractivity contribution >= 4 is 32.6 Å². The molecule has 0 bridgehead atoms. The van der Waals surface area contributed by atoms with Crippen LogP contribution in [0.5, 0.6) is 0 Å². The summed E-state index contributed by atoms with van der Waals surface area (Å²) < 4.78 is 30.7. The largest absolute Gasteiger partial charge is 0.449 e. The predicted octanol–water partition coefficient (Wildman–Crippen LogP) is 1.76. The number of likely N-dealkylation sites (N-methyl/N-ethyl adjacent to an activating group) is 1. The molecule has 146 valence electrons. The lowest BCUT2D eigenvalue weighted by Gasteiger charge is -2.29. The van der Waals surface area contributed by atoms with Crippen LogP contribution in [0.4, 0.5) is 0 Å². The van der Waals surface area contributed by atoms with Gasteiger partial charge in [-0.3, -0.25) is 4.79 Å². The highest BCUT2D eigenvalue weighted by atomic mass is 32.2. The molecule has 1 aromatic heterocycles. The van der Waals surface area contributed by atoms with Gasteiger partial charge >= 0.3 is 5.97 Å². The van der Waals surface area contributed by atoms with Crippen molar-refractivity contribution in [1.82, 2.24) is 9.47 Å². The summed E-state index contributed by atoms with van der Waals surface area (Å²) in [4.78, 5) is 26.9. The minimum atomic E-state index is -3.10. The SMILES string of the molecule is CCN(C(=O)C(C)OC(=O)c1cn(C)c2ccccc12)C1CCS(=O)(=O)C1. The maximum absolute atomic E-state index is 12.8. The Morgan fingerprint density at radius 3 is 2.67 bits per heavy atom. The van der Waals surface area contributed by atoms with Crippen LogP contribution in [0, 0.1) is 0 Å². The number of hydrogen-bond acceptors (Lipinski definition) is 5. The minimum absolute atomic E-state index is 0.0312. The smallest absolute Gasteiger partial charge is 0.341 e. The van der Waals surface area contributed by atoms with Crippen molar-refractivity contribution in [3.05, 3.63) is 36.0 Å². The number of aromatic nitrogens is 1. The van der Waals surface area contributed by atoms with Crippen molar-refractivity contribution in [2.75, 3.05) is 18.1 Å². The predicted molar refractivity (Wildman–Crippen MR) is 102 cm³/mol. The summed E-state index contributed by atoms with van der Waals surface area (Å²) in [5.41, 5.74) is 1.30. The maximum Gasteiger partial charge on any atom is 0.341 e. The molecular weight excluding hydrogens is 368 g/mol. The summed E-state index contributed by atoms with van der Waals surface area (Å²) >= 11 is 0. The van der Waals surface area contributed by atoms with Gasteiger partial charge in [0.2, 0.25) is 0 Å². The lowest BCUT2D eigenvalue weighted by atomic mass is 10.1. The number of aryl methyl sites for hydroxylation is 1. The first kappa shape index (κ1) is 19.4. The van der Waals surface area contributed by atoms with Crippen molar-refractivity contribution in [2.45, 2.75) is 32.4 Å². The molecule has 27 heavy (non-hydrogen) atoms. The number of esters is 1. The molecule has 8 heteroatoms. The van der Waals surface area contributed by atoms with E-state index in [0.717, 1.165) is 10.9 Å². The van der Waals surface area contributed by atoms with Crippen molar-refractivity contribution in [1.29, 1.82) is 0 Å². The first-order chi connectivity index (χ1) is 12.7. The topological polar surface area (TPSA) is 85.7 Å². The van der Waals surface area contributed by atoms with Gasteiger partial charge in [0.05, 0.1) is 17.1 Å². The highest BCUT2D eigenvalue weighted by molar-refractivity contribution is 7.91. The van der Waals surface area contributed by atoms with E-state index in [1.165, 1.54) is 11.8 Å². The number of para-hydroxylation sites is 1. The zero-order valence-corrected chi connectivity index (χ0v) is 16.5. The van der Waals surface area contributed by atoms with Crippen LogP contribution in [0.1, 0.15) is 30.6 Å². The average Bonchev–Trinajstić information content (AvgIpc) is 3.15. The van der Waals surface area contributed by atoms with E-state index < -0.39 is 21.9 Å². The Bertz CT molecular complexity index is 979. The van der Waals surface area contributed by atoms with E-state index in [2.05, 4.69) is 0 Å². The van der Waals surface area contributed by atoms with E-state index in [-0.39, 0.29) is 23.5 Å². The lowest BCUT2D eigenvalue weighted by Crippen LogP contribution is -2.46. The summed E-state index contributed by atoms with van der Waals surface area (Å²) in [7, 11) is -1.26. The summed E-state index contributed by atoms with van der Waals surface area (Å²) in [6, 6.07) is 7.11. The summed E-state index contributed by atoms with van der Waals surface area (Å²) in [6.07, 6.45) is 1.12. The molecule has 1 aliphatic rings. The fourth-order valence-corrected chi connectivity index (χ4v) is 5.36. The zero-order chi connectivity index (χ0) is 19.8. The summed E-state index contributed by atoms with van der Waals surface area (Å²) in [5, 5.41) is 0.763. The van der Waals surface area contributed by atoms with Gasteiger partial charge in [0.15, 0.2) is 15.9 Å². The number of sulfone groups is 1. The first-order valence-corrected chi connectivity index (χ1v) is 10.8. The van der Waals surface area contributed by atoms with E-state index in [9.17, 15) is 18.0 Å². The molecule has 0 saturated carbocycles. The second-order valence-electron chi connectivity index (χ2n) is 6.90. The van der Waals surface area contributed by atoms with Crippen LogP contribution in [0.3, 0.4) is 0 Å². The van der Waals surface area contributed by atoms with Gasteiger partial charge in [0, 0.05) is 36.7 Å². The second kappa shape index (κ2) is 7.34. The molecular formula is C19H24N2O5S. The number of nitrogens with zero attached hydrogens (tertiary/aromatic N) is 2. The Labute approximate surface area is 158 Å². The van der Waals surface area contributed by atoms with Crippen molar-refractivity contribution in [3.63, 3.8) is 0 Å². The van der Waals surface area contributed by atoms with Crippen molar-refractivity contribution in [2.24, 2.45) is 7.05 Å². The van der Waals surface area contributed by atoms with Gasteiger partial charge in [-0.15, -0.1) is 0 Å². The van der Waals surface area contributed by atoms with Gasteiger partial charge in [0.1, 0.15) is 0 Å². The van der Waals surface area contributed by atoms with Crippen LogP contribution in [-0.2, 0) is 26.4 Å². The quantitative estimate of drug-likeness (QED) is 0.724. The molecule has 0 radical (unpaired) electrons. The molecule has 0 aliphatic carbocycles. The number of ether oxygens (including phenoxy) is 1. The normalized spacial score (nSPS) is 19.7. The number of rotatable bonds is 5. The fraction of sp³-hybridized carbons (Fsp3) is 0.474. The van der Waals surface area contributed by atoms with E-state index in [4.69, 9.17) is 4.74 Å². The molecule has 0 spiro atoms. The molecule has 2 unspecified atom stereocenters. The van der Waals surface area contributed by atoms with E-state index in [1.807, 2.05) is 35.9 Å². The number of carbonyl (C=O) groups is 2. The first-order valence-electron chi connectivity index (χ1n) is 8.99. The third-order valence-corrected chi connectivity index (χ3v) is 6.77. The van der Waals surface area contributed by atoms with Crippen LogP contribution in [0.25, 0.3) is 10.9 Å². The Morgan fingerprint density at radius 2 is 2.04 bits per heavy atom. The van der Waals surface area contributed by atoms with Crippen LogP contribution >= 0.6 is 0 Å². The highest BCUT2D eigenvalue weighted by Crippen LogP contribution is 2.23. The van der Waals surface area contributed by atoms with Crippen LogP contribution < -0.4 is 0 Å². The van der Waals surface area contributed by atoms with E-state index >= 15 is 0 Å². The zero-order valence-electron chi connectivity index (χ0n) is 15.7. The van der Waals surface area contributed by atoms with Gasteiger partial charge in [-0.05, 0) is 26.3 Å². The van der Waals surface area contributed by atoms with Gasteiger partial charge < -0.3 is 14.2 Å². The Balaban J connectivity index is 1.74. The molecule has 2 atom stereocenters. The number of amides is 1. The molecule has 1 amide bonds. The molecule has 2 aromatic rings. The number of hydrogen-bond donors (Lipinski definition) is 0. The van der Waals surface area contributed by atoms with Crippen molar-refractivity contribution in [3.8, 4) is 0 Å². The third-order valence-electron chi connectivity index (χ3n) is 5.02. The molecule has 1 aliphatic heterocycles. The molecule has 2 heterocycles. The van der Waals surface area contributed by atoms with Crippen LogP contribution in [-0.4, -0.2) is 60.0 Å². The van der Waals surface area contributed by atoms with Gasteiger partial charge in [-0.25, -0.2) is 13.2 Å². The molecule has 3 rings (SSSR count). The number of carbonyl (C=O) groups excluding carboxylic acids is 2. The molecule has 1 aromatic carbocycles. The average molecular weight is 392 g/mol. The summed E-state index contributed by atoms with van der Waals surface area (Å²) in [6.45, 7) is 3.69. The van der Waals surface area contributed by atoms with Gasteiger partial charge in [0.25, 0.3) is 5.91 Å². The van der Waals surface area contributed by atoms with Crippen LogP contribution in [0.2, 0.25) is 0 Å². The number of benzene rings is 1. The monoisotopic (exact) mass is 392 g/mol. The maximum atomic E-state index is 12.8. The highest BCUT2D eigenvalue weighted by Gasteiger charge is 2.36. The van der Waals surface area contributed by atoms with Gasteiger partial charge in [-0.2, -0.15) is 0 Å². The van der Waals surface area contributed by atoms with Gasteiger partial charge in [-0.1, -0.05) is 18.2 Å². The Kier molecular flexibility index (Phi) is 5.28. The Hall–Kier alpha value is -2.35. The number of fused-ring (bicyclic) bond motifs is 1. The Morgan fingerprint density at radius 1 is 1.33 bits per heavy atom. The standard InChI is InChI=1S/C19H24N2O5S/c1-4-21(14-9-10-27(24,25)12-14)18(22)13(2)26-19(23)16-11-20(3)17-8-6-5-7-15(16)17/h5-8,11,13-14H,4,9-10,12H2,1-3H3. The second-order valence-corrected chi connectivity index (χ2v) is 9.13. The van der Waals surface area contributed by atoms with Crippen LogP contribution in [0.15, 0.2) is 30.5 Å². The third kappa shape index (κ3) is 3.85. The minimum Gasteiger partial charge on any atom is -0.449 e. The molecule has 1 fully saturated rings. The molecule has 1 saturated heterocycles. The molecule has 7 nitrogen and oxygen atoms in total. The fourth-order valence-electron chi connectivity index (χ4n) is 3.63. The van der Waals surface area contributed by atoms with E-state index in [1.54, 1.807) is 13.1 Å². The van der Waals surface area contributed by atoms with Crippen molar-refractivity contribution < 1.29 is 22.7 Å². The lowest BCUT2D eigenvalue weighted by molar-refractivity contribution is -0.141.